The lowest BCUT2D eigenvalue weighted by molar-refractivity contribution is 0.0932. The van der Waals surface area contributed by atoms with Crippen molar-refractivity contribution >= 4 is 11.7 Å². The summed E-state index contributed by atoms with van der Waals surface area (Å²) in [7, 11) is 0. The highest BCUT2D eigenvalue weighted by Crippen LogP contribution is 2.39. The van der Waals surface area contributed by atoms with Crippen LogP contribution in [0.4, 0.5) is 4.39 Å². The van der Waals surface area contributed by atoms with Crippen LogP contribution in [-0.2, 0) is 6.42 Å². The fourth-order valence-electron chi connectivity index (χ4n) is 3.64. The van der Waals surface area contributed by atoms with Gasteiger partial charge in [-0.15, -0.1) is 0 Å². The van der Waals surface area contributed by atoms with Gasteiger partial charge in [0, 0.05) is 34.9 Å². The van der Waals surface area contributed by atoms with Gasteiger partial charge in [-0.05, 0) is 45.0 Å². The molecule has 0 saturated heterocycles. The maximum Gasteiger partial charge on any atom is 0.251 e. The summed E-state index contributed by atoms with van der Waals surface area (Å²) in [6.45, 7) is 5.40. The number of halogens is 1. The lowest BCUT2D eigenvalue weighted by atomic mass is 10.0. The zero-order valence-electron chi connectivity index (χ0n) is 17.5. The molecule has 6 nitrogen and oxygen atoms in total. The van der Waals surface area contributed by atoms with Crippen LogP contribution in [0.5, 0.6) is 5.75 Å². The van der Waals surface area contributed by atoms with Gasteiger partial charge in [0.2, 0.25) is 0 Å². The Balaban J connectivity index is 1.49. The maximum atomic E-state index is 14.3. The van der Waals surface area contributed by atoms with Gasteiger partial charge in [-0.2, -0.15) is 0 Å². The monoisotopic (exact) mass is 419 g/mol. The van der Waals surface area contributed by atoms with E-state index < -0.39 is 0 Å². The molecule has 31 heavy (non-hydrogen) atoms. The standard InChI is InChI=1S/C24H22FN3O3/c1-13-11-26-14(2)22(28-13)21-10-19(25)8-18-9-20(31-23(18)21)12-27-24(30)17-6-4-16(5-7-17)15(3)29/h4-8,10-11,20H,9,12H2,1-3H3,(H,27,30). The Morgan fingerprint density at radius 3 is 2.58 bits per heavy atom. The third kappa shape index (κ3) is 4.30. The van der Waals surface area contributed by atoms with Crippen molar-refractivity contribution in [3.8, 4) is 17.0 Å². The topological polar surface area (TPSA) is 81.2 Å². The molecule has 0 saturated carbocycles. The van der Waals surface area contributed by atoms with Crippen LogP contribution in [-0.4, -0.2) is 34.3 Å². The molecule has 0 spiro atoms. The normalized spacial score (nSPS) is 14.6. The summed E-state index contributed by atoms with van der Waals surface area (Å²) >= 11 is 0. The van der Waals surface area contributed by atoms with Crippen LogP contribution < -0.4 is 10.1 Å². The molecule has 1 amide bonds. The minimum Gasteiger partial charge on any atom is -0.487 e. The summed E-state index contributed by atoms with van der Waals surface area (Å²) in [6, 6.07) is 9.34. The van der Waals surface area contributed by atoms with E-state index in [0.717, 1.165) is 11.3 Å². The number of benzene rings is 2. The molecule has 2 aromatic carbocycles. The lowest BCUT2D eigenvalue weighted by Gasteiger charge is -2.14. The summed E-state index contributed by atoms with van der Waals surface area (Å²) in [4.78, 5) is 32.7. The van der Waals surface area contributed by atoms with Gasteiger partial charge in [-0.1, -0.05) is 12.1 Å². The van der Waals surface area contributed by atoms with Crippen LogP contribution in [0, 0.1) is 19.7 Å². The zero-order valence-corrected chi connectivity index (χ0v) is 17.5. The minimum absolute atomic E-state index is 0.0550. The molecule has 0 bridgehead atoms. The average molecular weight is 419 g/mol. The Labute approximate surface area is 179 Å². The van der Waals surface area contributed by atoms with Crippen molar-refractivity contribution in [1.82, 2.24) is 15.3 Å². The SMILES string of the molecule is CC(=O)c1ccc(C(=O)NCC2Cc3cc(F)cc(-c4nc(C)cnc4C)c3O2)cc1. The predicted molar refractivity (Wildman–Crippen MR) is 114 cm³/mol. The number of carbonyl (C=O) groups is 2. The molecule has 7 heteroatoms. The molecule has 1 aliphatic heterocycles. The molecular weight excluding hydrogens is 397 g/mol. The third-order valence-corrected chi connectivity index (χ3v) is 5.24. The van der Waals surface area contributed by atoms with E-state index in [4.69, 9.17) is 4.74 Å². The van der Waals surface area contributed by atoms with Crippen LogP contribution in [0.3, 0.4) is 0 Å². The maximum absolute atomic E-state index is 14.3. The Morgan fingerprint density at radius 2 is 1.87 bits per heavy atom. The van der Waals surface area contributed by atoms with Crippen molar-refractivity contribution in [2.24, 2.45) is 0 Å². The Morgan fingerprint density at radius 1 is 1.16 bits per heavy atom. The number of Topliss-reactive ketones (excluding diaryl/α,β-unsaturated/α-hetero) is 1. The zero-order chi connectivity index (χ0) is 22.1. The molecular formula is C24H22FN3O3. The molecule has 1 unspecified atom stereocenters. The average Bonchev–Trinajstić information content (AvgIpc) is 3.16. The van der Waals surface area contributed by atoms with Gasteiger partial charge in [-0.25, -0.2) is 9.37 Å². The van der Waals surface area contributed by atoms with E-state index in [-0.39, 0.29) is 30.2 Å². The molecule has 3 aromatic rings. The number of carbonyl (C=O) groups excluding carboxylic acids is 2. The smallest absolute Gasteiger partial charge is 0.251 e. The number of fused-ring (bicyclic) bond motifs is 1. The molecule has 0 radical (unpaired) electrons. The van der Waals surface area contributed by atoms with Crippen LogP contribution in [0.1, 0.15) is 44.6 Å². The number of aryl methyl sites for hydroxylation is 2. The second-order valence-electron chi connectivity index (χ2n) is 7.67. The van der Waals surface area contributed by atoms with Crippen molar-refractivity contribution in [2.75, 3.05) is 6.54 Å². The first-order valence-electron chi connectivity index (χ1n) is 10.0. The van der Waals surface area contributed by atoms with Crippen molar-refractivity contribution in [3.63, 3.8) is 0 Å². The van der Waals surface area contributed by atoms with Crippen LogP contribution in [0.2, 0.25) is 0 Å². The first kappa shape index (κ1) is 20.7. The minimum atomic E-state index is -0.365. The second-order valence-corrected chi connectivity index (χ2v) is 7.67. The first-order valence-corrected chi connectivity index (χ1v) is 10.0. The predicted octanol–water partition coefficient (Wildman–Crippen LogP) is 3.84. The number of rotatable bonds is 5. The van der Waals surface area contributed by atoms with E-state index in [1.807, 2.05) is 13.8 Å². The largest absolute Gasteiger partial charge is 0.487 e. The van der Waals surface area contributed by atoms with Crippen molar-refractivity contribution in [2.45, 2.75) is 33.3 Å². The fraction of sp³-hybridized carbons (Fsp3) is 0.250. The summed E-state index contributed by atoms with van der Waals surface area (Å²) < 4.78 is 20.4. The van der Waals surface area contributed by atoms with Gasteiger partial charge in [0.15, 0.2) is 5.78 Å². The van der Waals surface area contributed by atoms with Gasteiger partial charge >= 0.3 is 0 Å². The van der Waals surface area contributed by atoms with Gasteiger partial charge in [0.05, 0.1) is 23.6 Å². The van der Waals surface area contributed by atoms with Crippen LogP contribution in [0.15, 0.2) is 42.6 Å². The molecule has 4 rings (SSSR count). The van der Waals surface area contributed by atoms with Crippen molar-refractivity contribution in [1.29, 1.82) is 0 Å². The molecule has 1 aromatic heterocycles. The molecule has 158 valence electrons. The van der Waals surface area contributed by atoms with E-state index in [2.05, 4.69) is 15.3 Å². The van der Waals surface area contributed by atoms with Gasteiger partial charge in [-0.3, -0.25) is 14.6 Å². The molecule has 1 atom stereocenters. The number of amides is 1. The number of ketones is 1. The highest BCUT2D eigenvalue weighted by Gasteiger charge is 2.28. The molecule has 1 N–H and O–H groups in total. The quantitative estimate of drug-likeness (QED) is 0.636. The first-order chi connectivity index (χ1) is 14.8. The third-order valence-electron chi connectivity index (χ3n) is 5.24. The number of aromatic nitrogens is 2. The Bertz CT molecular complexity index is 1180. The van der Waals surface area contributed by atoms with E-state index in [0.29, 0.717) is 40.2 Å². The van der Waals surface area contributed by atoms with Crippen LogP contribution >= 0.6 is 0 Å². The summed E-state index contributed by atoms with van der Waals surface area (Å²) in [5.41, 5.74) is 4.32. The van der Waals surface area contributed by atoms with Crippen molar-refractivity contribution < 1.29 is 18.7 Å². The van der Waals surface area contributed by atoms with Crippen LogP contribution in [0.25, 0.3) is 11.3 Å². The second kappa shape index (κ2) is 8.26. The van der Waals surface area contributed by atoms with E-state index >= 15 is 0 Å². The Hall–Kier alpha value is -3.61. The Kier molecular flexibility index (Phi) is 5.50. The van der Waals surface area contributed by atoms with E-state index in [1.54, 1.807) is 30.5 Å². The number of hydrogen-bond donors (Lipinski definition) is 1. The van der Waals surface area contributed by atoms with Gasteiger partial charge < -0.3 is 10.1 Å². The molecule has 1 aliphatic rings. The van der Waals surface area contributed by atoms with Crippen molar-refractivity contribution in [3.05, 3.63) is 76.5 Å². The molecule has 0 fully saturated rings. The summed E-state index contributed by atoms with van der Waals surface area (Å²) in [5, 5.41) is 2.85. The molecule has 2 heterocycles. The number of nitrogens with zero attached hydrogens (tertiary/aromatic N) is 2. The highest BCUT2D eigenvalue weighted by atomic mass is 19.1. The van der Waals surface area contributed by atoms with E-state index in [9.17, 15) is 14.0 Å². The molecule has 0 aliphatic carbocycles. The van der Waals surface area contributed by atoms with E-state index in [1.165, 1.54) is 19.1 Å². The summed E-state index contributed by atoms with van der Waals surface area (Å²) in [6.07, 6.45) is 1.82. The fourth-order valence-corrected chi connectivity index (χ4v) is 3.64. The number of ether oxygens (including phenoxy) is 1. The number of hydrogen-bond acceptors (Lipinski definition) is 5. The number of nitrogens with one attached hydrogen (secondary N) is 1. The van der Waals surface area contributed by atoms with Gasteiger partial charge in [0.25, 0.3) is 5.91 Å². The van der Waals surface area contributed by atoms with Gasteiger partial charge in [0.1, 0.15) is 17.7 Å². The lowest BCUT2D eigenvalue weighted by Crippen LogP contribution is -2.34. The highest BCUT2D eigenvalue weighted by molar-refractivity contribution is 5.97. The summed E-state index contributed by atoms with van der Waals surface area (Å²) in [5.74, 6) is -0.105.